The molecule has 2 nitrogen and oxygen atoms in total. The average Bonchev–Trinajstić information content (AvgIpc) is 0.746. The van der Waals surface area contributed by atoms with Gasteiger partial charge in [-0.25, -0.2) is 0 Å². The van der Waals surface area contributed by atoms with E-state index in [9.17, 15) is 0 Å². The van der Waals surface area contributed by atoms with Crippen LogP contribution in [0.1, 0.15) is 26.3 Å². The Morgan fingerprint density at radius 3 is 0.800 bits per heavy atom. The van der Waals surface area contributed by atoms with Crippen molar-refractivity contribution in [1.29, 1.82) is 0 Å². The van der Waals surface area contributed by atoms with Crippen molar-refractivity contribution < 1.29 is 0 Å². The van der Waals surface area contributed by atoms with Crippen molar-refractivity contribution in [3.05, 3.63) is 71.0 Å². The Kier molecular flexibility index (Phi) is 40.0. The molecule has 69 radical (unpaired) electrons. The van der Waals surface area contributed by atoms with Crippen molar-refractivity contribution in [2.24, 2.45) is 0 Å². The second-order valence-electron chi connectivity index (χ2n) is 25.3. The maximum Gasteiger partial charge on any atom is 0.0843 e. The first-order valence-corrected chi connectivity index (χ1v) is 30.4. The Morgan fingerprint density at radius 1 is 0.311 bits per heavy atom. The highest BCUT2D eigenvalue weighted by molar-refractivity contribution is 9.10. The summed E-state index contributed by atoms with van der Waals surface area (Å²) >= 11 is 3.55. The van der Waals surface area contributed by atoms with Crippen LogP contribution in [0.4, 0.5) is 0 Å². The normalized spacial score (nSPS) is 10.2. The zero-order chi connectivity index (χ0) is 69.6. The van der Waals surface area contributed by atoms with Crippen molar-refractivity contribution in [2.75, 3.05) is 0 Å². The minimum Gasteiger partial charge on any atom is -0.256 e. The van der Waals surface area contributed by atoms with E-state index in [2.05, 4.69) is 83.1 Å². The first-order valence-electron chi connectivity index (χ1n) is 29.6. The Bertz CT molecular complexity index is 2300. The van der Waals surface area contributed by atoms with Crippen molar-refractivity contribution in [2.45, 2.75) is 26.2 Å². The lowest BCUT2D eigenvalue weighted by Gasteiger charge is -2.60. The molecule has 0 aliphatic rings. The number of nitrogens with zero attached hydrogens (tertiary/aromatic N) is 2. The summed E-state index contributed by atoms with van der Waals surface area (Å²) in [6, 6.07) is 16.6. The fraction of sp³-hybridized carbons (Fsp3) is 0.200. The second kappa shape index (κ2) is 40.7. The van der Waals surface area contributed by atoms with Gasteiger partial charge in [-0.3, -0.25) is 9.97 Å². The molecule has 0 aliphatic carbocycles. The Labute approximate surface area is 614 Å². The average molecular weight is 1090 g/mol. The summed E-state index contributed by atoms with van der Waals surface area (Å²) < 4.78 is 1.00. The van der Waals surface area contributed by atoms with Gasteiger partial charge in [0.15, 0.2) is 0 Å². The number of pyridine rings is 2. The molecule has 2 heterocycles. The molecule has 90 heavy (non-hydrogen) atoms. The van der Waals surface area contributed by atoms with E-state index >= 15 is 0 Å². The lowest BCUT2D eigenvalue weighted by Crippen LogP contribution is -2.98. The minimum absolute atomic E-state index is 0.121. The largest absolute Gasteiger partial charge is 0.256 e. The zero-order valence-electron chi connectivity index (χ0n) is 52.2. The second-order valence-corrected chi connectivity index (χ2v) is 26.1. The van der Waals surface area contributed by atoms with Crippen LogP contribution >= 0.6 is 15.9 Å². The van der Waals surface area contributed by atoms with E-state index in [-0.39, 0.29) is 5.41 Å². The summed E-state index contributed by atoms with van der Waals surface area (Å²) in [5.74, 6) is 0. The molecule has 0 saturated carbocycles. The smallest absolute Gasteiger partial charge is 0.0843 e. The molecular weight excluding hydrogens is 1070 g/mol. The van der Waals surface area contributed by atoms with Gasteiger partial charge in [0.2, 0.25) is 0 Å². The number of benzene rings is 1. The van der Waals surface area contributed by atoms with Gasteiger partial charge in [-0.15, -0.1) is 0 Å². The summed E-state index contributed by atoms with van der Waals surface area (Å²) in [4.78, 5) is 8.95. The van der Waals surface area contributed by atoms with Crippen molar-refractivity contribution in [3.8, 4) is 22.5 Å². The summed E-state index contributed by atoms with van der Waals surface area (Å²) in [5, 5.41) is 0. The van der Waals surface area contributed by atoms with Gasteiger partial charge in [0.05, 0.1) is 11.4 Å². The molecule has 0 unspecified atom stereocenters. The van der Waals surface area contributed by atoms with E-state index in [1.54, 1.807) is 0 Å². The monoisotopic (exact) mass is 1100 g/mol. The number of hydrogen-bond acceptors (Lipinski definition) is 2. The highest BCUT2D eigenvalue weighted by atomic mass is 79.9. The molecule has 0 aliphatic heterocycles. The molecule has 0 saturated heterocycles. The maximum atomic E-state index is 7.06. The van der Waals surface area contributed by atoms with Crippen LogP contribution in [0.3, 0.4) is 0 Å². The van der Waals surface area contributed by atoms with Crippen molar-refractivity contribution in [3.63, 3.8) is 0 Å². The summed E-state index contributed by atoms with van der Waals surface area (Å²) in [6.07, 6.45) is -44.3. The molecule has 2 aromatic heterocycles. The highest BCUT2D eigenvalue weighted by Gasteiger charge is 2.64. The first-order chi connectivity index (χ1) is 41.4. The van der Waals surface area contributed by atoms with E-state index in [1.165, 1.54) is 5.56 Å². The fourth-order valence-corrected chi connectivity index (χ4v) is 14.6. The molecule has 0 fully saturated rings. The Balaban J connectivity index is 0.000000984. The molecule has 0 N–H and O–H groups in total. The van der Waals surface area contributed by atoms with E-state index < -0.39 is 204 Å². The van der Waals surface area contributed by atoms with Crippen LogP contribution in [-0.4, -0.2) is 484 Å². The van der Waals surface area contributed by atoms with Gasteiger partial charge in [0.25, 0.3) is 0 Å². The molecule has 3 aromatic rings. The standard InChI is InChI=1S/C20H19BrN2.B67/c1-20(2,3)16-10-12-22-18(13-16)14-6-8-15(9-7-14)19-17(21)5-4-11-23-19;1-35-52(34)61(53(36(2)3)37(4)5)65(60(50(30)31)51(32)33)67(64(58(46(22)23)47(24)25)59(48(26)27)49(28)29)66(62(54(38(6)7)39(8)9)55(40(10)11)41(12)13)63(56(42(14)15)43(16)17)57(44(18)19)45(20)21/h4-13H,1-3H3;. The predicted octanol–water partition coefficient (Wildman–Crippen LogP) is -19.6. The molecule has 3 rings (SSSR count). The van der Waals surface area contributed by atoms with Crippen LogP contribution in [0.25, 0.3) is 22.5 Å². The van der Waals surface area contributed by atoms with E-state index in [1.807, 2.05) is 24.5 Å². The Morgan fingerprint density at radius 2 is 0.556 bits per heavy atom. The Hall–Kier alpha value is 2.35. The molecule has 0 spiro atoms. The van der Waals surface area contributed by atoms with Gasteiger partial charge in [-0.1, -0.05) is 45.0 Å². The van der Waals surface area contributed by atoms with Gasteiger partial charge >= 0.3 is 0 Å². The minimum atomic E-state index is -1.64. The maximum absolute atomic E-state index is 7.06. The number of rotatable bonds is 34. The van der Waals surface area contributed by atoms with Crippen LogP contribution in [0.5, 0.6) is 0 Å². The van der Waals surface area contributed by atoms with Gasteiger partial charge < -0.3 is 0 Å². The van der Waals surface area contributed by atoms with Crippen molar-refractivity contribution >= 4 is 490 Å². The van der Waals surface area contributed by atoms with E-state index in [0.29, 0.717) is 0 Å². The lowest BCUT2D eigenvalue weighted by atomic mass is 8.22. The number of aromatic nitrogens is 2. The van der Waals surface area contributed by atoms with Gasteiger partial charge in [0.1, 0.15) is 0 Å². The quantitative estimate of drug-likeness (QED) is 0.0557. The third-order valence-corrected chi connectivity index (χ3v) is 18.5. The van der Waals surface area contributed by atoms with Gasteiger partial charge in [-0.2, -0.15) is 0 Å². The number of halogens is 1. The van der Waals surface area contributed by atoms with Crippen LogP contribution in [0, 0.1) is 0 Å². The van der Waals surface area contributed by atoms with Crippen LogP contribution in [0.2, 0.25) is 0 Å². The van der Waals surface area contributed by atoms with E-state index in [0.717, 1.165) is 34.0 Å². The van der Waals surface area contributed by atoms with Crippen molar-refractivity contribution in [1.82, 2.24) is 9.97 Å². The molecule has 70 heteroatoms. The van der Waals surface area contributed by atoms with Gasteiger partial charge in [-0.05, 0) is 51.2 Å². The lowest BCUT2D eigenvalue weighted by molar-refractivity contribution is 0.589. The molecule has 317 valence electrons. The molecular formula is C20H19B67BrN2. The van der Waals surface area contributed by atoms with E-state index in [4.69, 9.17) is 263 Å². The van der Waals surface area contributed by atoms with Crippen LogP contribution in [0.15, 0.2) is 65.4 Å². The van der Waals surface area contributed by atoms with Crippen LogP contribution < -0.4 is 0 Å². The number of hydrogen-bond donors (Lipinski definition) is 0. The zero-order valence-corrected chi connectivity index (χ0v) is 53.8. The highest BCUT2D eigenvalue weighted by Crippen LogP contribution is 2.31. The summed E-state index contributed by atoms with van der Waals surface area (Å²) in [6.45, 7) is 6.65. The summed E-state index contributed by atoms with van der Waals surface area (Å²) in [7, 11) is 229. The third kappa shape index (κ3) is 24.0. The predicted molar refractivity (Wildman–Crippen MR) is 485 cm³/mol. The molecule has 0 atom stereocenters. The summed E-state index contributed by atoms with van der Waals surface area (Å²) in [5.41, 5.74) is 5.58. The first kappa shape index (κ1) is 88.4. The topological polar surface area (TPSA) is 25.8 Å². The molecule has 0 amide bonds. The fourth-order valence-electron chi connectivity index (χ4n) is 14.1. The van der Waals surface area contributed by atoms with Gasteiger partial charge in [0, 0.05) is 502 Å². The van der Waals surface area contributed by atoms with Crippen LogP contribution in [-0.2, 0) is 5.41 Å². The molecule has 1 aromatic carbocycles. The SMILES string of the molecule is CC(C)(C)c1ccnc(-c2ccc(-c3ncccc3Br)cc2)c1.[B][B]B([B])B(B(B([B])[B])B([B])[B])B(B(B([B])[B])B([B])[B])B(B(B(B([B])[B])B([B])[B])B(B([B])[B])B([B])[B])B(B(B(B([B])[B])B([B])[B])B(B([B])[B])B([B])[B])B(B(B([B])[B])B([B])[B])B(B([B])[B])B([B])[B]. The third-order valence-electron chi connectivity index (χ3n) is 17.8. The molecule has 0 bridgehead atoms.